The van der Waals surface area contributed by atoms with Gasteiger partial charge in [0.2, 0.25) is 5.89 Å². The molecule has 6 heteroatoms. The van der Waals surface area contributed by atoms with Crippen LogP contribution in [0, 0.1) is 5.92 Å². The minimum Gasteiger partial charge on any atom is -0.384 e. The zero-order valence-corrected chi connectivity index (χ0v) is 12.2. The Bertz CT molecular complexity index is 395. The topological polar surface area (TPSA) is 60.2 Å². The van der Waals surface area contributed by atoms with E-state index in [2.05, 4.69) is 15.5 Å². The second-order valence-electron chi connectivity index (χ2n) is 5.63. The fraction of sp³-hybridized carbons (Fsp3) is 0.846. The first-order chi connectivity index (χ1) is 8.82. The van der Waals surface area contributed by atoms with Gasteiger partial charge in [0, 0.05) is 13.5 Å². The molecule has 1 saturated heterocycles. The second-order valence-corrected chi connectivity index (χ2v) is 5.63. The lowest BCUT2D eigenvalue weighted by Crippen LogP contribution is -2.43. The molecule has 1 aliphatic carbocycles. The molecule has 2 heterocycles. The van der Waals surface area contributed by atoms with Crippen molar-refractivity contribution in [3.8, 4) is 0 Å². The molecule has 0 radical (unpaired) electrons. The molecule has 1 aromatic rings. The average Bonchev–Trinajstić information content (AvgIpc) is 3.06. The Morgan fingerprint density at radius 2 is 2.11 bits per heavy atom. The van der Waals surface area contributed by atoms with Gasteiger partial charge in [0.15, 0.2) is 5.82 Å². The largest absolute Gasteiger partial charge is 0.384 e. The molecular weight excluding hydrogens is 266 g/mol. The van der Waals surface area contributed by atoms with Crippen LogP contribution in [0.25, 0.3) is 0 Å². The van der Waals surface area contributed by atoms with E-state index < -0.39 is 0 Å². The van der Waals surface area contributed by atoms with Crippen LogP contribution >= 0.6 is 12.4 Å². The number of piperidine rings is 1. The zero-order valence-electron chi connectivity index (χ0n) is 11.4. The van der Waals surface area contributed by atoms with Crippen molar-refractivity contribution in [1.82, 2.24) is 15.5 Å². The van der Waals surface area contributed by atoms with Gasteiger partial charge in [-0.15, -0.1) is 12.4 Å². The maximum Gasteiger partial charge on any atom is 0.235 e. The number of halogens is 1. The average molecular weight is 288 g/mol. The van der Waals surface area contributed by atoms with Gasteiger partial charge in [-0.05, 0) is 44.7 Å². The fourth-order valence-electron chi connectivity index (χ4n) is 2.73. The molecule has 0 bridgehead atoms. The summed E-state index contributed by atoms with van der Waals surface area (Å²) in [5, 5.41) is 7.51. The molecule has 0 amide bonds. The molecular formula is C13H22ClN3O2. The minimum atomic E-state index is -0.0746. The third-order valence-electron chi connectivity index (χ3n) is 4.07. The van der Waals surface area contributed by atoms with Crippen LogP contribution < -0.4 is 5.32 Å². The van der Waals surface area contributed by atoms with E-state index in [-0.39, 0.29) is 17.8 Å². The molecule has 0 atom stereocenters. The van der Waals surface area contributed by atoms with E-state index in [1.54, 1.807) is 7.11 Å². The summed E-state index contributed by atoms with van der Waals surface area (Å²) in [5.74, 6) is 2.45. The zero-order chi connectivity index (χ0) is 12.4. The Labute approximate surface area is 119 Å². The first kappa shape index (κ1) is 14.8. The van der Waals surface area contributed by atoms with Gasteiger partial charge in [0.1, 0.15) is 0 Å². The summed E-state index contributed by atoms with van der Waals surface area (Å²) < 4.78 is 10.9. The number of aromatic nitrogens is 2. The molecule has 2 fully saturated rings. The van der Waals surface area contributed by atoms with Crippen LogP contribution in [0.3, 0.4) is 0 Å². The summed E-state index contributed by atoms with van der Waals surface area (Å²) in [4.78, 5) is 4.62. The van der Waals surface area contributed by atoms with Gasteiger partial charge < -0.3 is 14.6 Å². The van der Waals surface area contributed by atoms with E-state index in [0.29, 0.717) is 6.61 Å². The van der Waals surface area contributed by atoms with Crippen molar-refractivity contribution in [3.05, 3.63) is 11.7 Å². The highest BCUT2D eigenvalue weighted by atomic mass is 35.5. The number of nitrogens with zero attached hydrogens (tertiary/aromatic N) is 2. The summed E-state index contributed by atoms with van der Waals surface area (Å²) in [7, 11) is 1.74. The molecule has 0 aromatic carbocycles. The Balaban J connectivity index is 0.00000133. The predicted octanol–water partition coefficient (Wildman–Crippen LogP) is 1.71. The van der Waals surface area contributed by atoms with Crippen molar-refractivity contribution >= 4 is 12.4 Å². The van der Waals surface area contributed by atoms with Crippen LogP contribution in [0.15, 0.2) is 4.52 Å². The van der Waals surface area contributed by atoms with Gasteiger partial charge in [-0.1, -0.05) is 5.16 Å². The highest BCUT2D eigenvalue weighted by Gasteiger charge is 2.39. The smallest absolute Gasteiger partial charge is 0.235 e. The standard InChI is InChI=1S/C13H21N3O2.ClH/c1-17-9-13(4-6-14-7-5-13)12-15-11(16-18-12)8-10-2-3-10;/h10,14H,2-9H2,1H3;1H. The number of hydrogen-bond donors (Lipinski definition) is 1. The molecule has 108 valence electrons. The van der Waals surface area contributed by atoms with Crippen LogP contribution in [0.4, 0.5) is 0 Å². The lowest BCUT2D eigenvalue weighted by atomic mass is 9.79. The van der Waals surface area contributed by atoms with Crippen LogP contribution in [0.1, 0.15) is 37.4 Å². The second kappa shape index (κ2) is 6.20. The predicted molar refractivity (Wildman–Crippen MR) is 73.6 cm³/mol. The fourth-order valence-corrected chi connectivity index (χ4v) is 2.73. The molecule has 1 N–H and O–H groups in total. The molecule has 5 nitrogen and oxygen atoms in total. The van der Waals surface area contributed by atoms with Crippen LogP contribution in [0.5, 0.6) is 0 Å². The van der Waals surface area contributed by atoms with Gasteiger partial charge in [0.05, 0.1) is 12.0 Å². The molecule has 0 spiro atoms. The third-order valence-corrected chi connectivity index (χ3v) is 4.07. The molecule has 1 aromatic heterocycles. The first-order valence-electron chi connectivity index (χ1n) is 6.85. The highest BCUT2D eigenvalue weighted by Crippen LogP contribution is 2.35. The van der Waals surface area contributed by atoms with Gasteiger partial charge in [-0.2, -0.15) is 4.98 Å². The van der Waals surface area contributed by atoms with E-state index in [0.717, 1.165) is 50.0 Å². The Morgan fingerprint density at radius 1 is 1.37 bits per heavy atom. The maximum atomic E-state index is 5.52. The number of ether oxygens (including phenoxy) is 1. The summed E-state index contributed by atoms with van der Waals surface area (Å²) in [6, 6.07) is 0. The molecule has 1 saturated carbocycles. The van der Waals surface area contributed by atoms with Crippen LogP contribution in [-0.2, 0) is 16.6 Å². The third kappa shape index (κ3) is 3.27. The quantitative estimate of drug-likeness (QED) is 0.893. The maximum absolute atomic E-state index is 5.52. The van der Waals surface area contributed by atoms with Gasteiger partial charge in [0.25, 0.3) is 0 Å². The van der Waals surface area contributed by atoms with Crippen molar-refractivity contribution in [2.75, 3.05) is 26.8 Å². The molecule has 3 rings (SSSR count). The molecule has 19 heavy (non-hydrogen) atoms. The summed E-state index contributed by atoms with van der Waals surface area (Å²) in [5.41, 5.74) is -0.0746. The van der Waals surface area contributed by atoms with Crippen molar-refractivity contribution in [1.29, 1.82) is 0 Å². The van der Waals surface area contributed by atoms with Crippen molar-refractivity contribution in [3.63, 3.8) is 0 Å². The van der Waals surface area contributed by atoms with Gasteiger partial charge in [-0.25, -0.2) is 0 Å². The SMILES string of the molecule is COCC1(c2nc(CC3CC3)no2)CCNCC1.Cl. The van der Waals surface area contributed by atoms with E-state index in [9.17, 15) is 0 Å². The Kier molecular flexibility index (Phi) is 4.81. The van der Waals surface area contributed by atoms with Crippen LogP contribution in [-0.4, -0.2) is 36.9 Å². The minimum absolute atomic E-state index is 0. The van der Waals surface area contributed by atoms with E-state index in [4.69, 9.17) is 9.26 Å². The lowest BCUT2D eigenvalue weighted by Gasteiger charge is -2.33. The normalized spacial score (nSPS) is 21.9. The van der Waals surface area contributed by atoms with Crippen molar-refractivity contribution in [2.24, 2.45) is 5.92 Å². The highest BCUT2D eigenvalue weighted by molar-refractivity contribution is 5.85. The number of rotatable bonds is 5. The number of nitrogens with one attached hydrogen (secondary N) is 1. The number of methoxy groups -OCH3 is 1. The monoisotopic (exact) mass is 287 g/mol. The molecule has 0 unspecified atom stereocenters. The van der Waals surface area contributed by atoms with Crippen molar-refractivity contribution in [2.45, 2.75) is 37.5 Å². The van der Waals surface area contributed by atoms with Gasteiger partial charge >= 0.3 is 0 Å². The van der Waals surface area contributed by atoms with E-state index in [1.807, 2.05) is 0 Å². The summed E-state index contributed by atoms with van der Waals surface area (Å²) in [6.45, 7) is 2.65. The summed E-state index contributed by atoms with van der Waals surface area (Å²) in [6.07, 6.45) is 5.62. The molecule has 1 aliphatic heterocycles. The van der Waals surface area contributed by atoms with E-state index in [1.165, 1.54) is 12.8 Å². The number of hydrogen-bond acceptors (Lipinski definition) is 5. The Morgan fingerprint density at radius 3 is 2.74 bits per heavy atom. The van der Waals surface area contributed by atoms with Crippen molar-refractivity contribution < 1.29 is 9.26 Å². The summed E-state index contributed by atoms with van der Waals surface area (Å²) >= 11 is 0. The van der Waals surface area contributed by atoms with E-state index >= 15 is 0 Å². The Hall–Kier alpha value is -0.650. The lowest BCUT2D eigenvalue weighted by molar-refractivity contribution is 0.0849. The van der Waals surface area contributed by atoms with Gasteiger partial charge in [-0.3, -0.25) is 0 Å². The first-order valence-corrected chi connectivity index (χ1v) is 6.85. The van der Waals surface area contributed by atoms with Crippen LogP contribution in [0.2, 0.25) is 0 Å². The molecule has 2 aliphatic rings.